The van der Waals surface area contributed by atoms with E-state index in [2.05, 4.69) is 13.8 Å². The van der Waals surface area contributed by atoms with Gasteiger partial charge in [0.25, 0.3) is 0 Å². The molecule has 0 radical (unpaired) electrons. The highest BCUT2D eigenvalue weighted by molar-refractivity contribution is 4.94. The maximum absolute atomic E-state index is 9.28. The summed E-state index contributed by atoms with van der Waals surface area (Å²) in [7, 11) is 1.66. The second kappa shape index (κ2) is 5.00. The normalized spacial score (nSPS) is 44.6. The third-order valence-electron chi connectivity index (χ3n) is 3.82. The molecule has 2 fully saturated rings. The number of methoxy groups -OCH3 is 1. The van der Waals surface area contributed by atoms with Crippen LogP contribution in [0.15, 0.2) is 0 Å². The summed E-state index contributed by atoms with van der Waals surface area (Å²) in [6, 6.07) is 0. The van der Waals surface area contributed by atoms with Gasteiger partial charge in [0, 0.05) is 19.6 Å². The Labute approximate surface area is 96.9 Å². The lowest BCUT2D eigenvalue weighted by atomic mass is 9.93. The Morgan fingerprint density at radius 1 is 1.38 bits per heavy atom. The predicted molar refractivity (Wildman–Crippen MR) is 59.0 cm³/mol. The SMILES string of the molecule is CC[C@H](CO)[C@@H]1C[C@@H](C)[C@@H]([C@H]2O[C@@H]2OC)O1. The molecule has 2 aliphatic heterocycles. The van der Waals surface area contributed by atoms with E-state index in [4.69, 9.17) is 14.2 Å². The number of aliphatic hydroxyl groups excluding tert-OH is 1. The van der Waals surface area contributed by atoms with E-state index < -0.39 is 0 Å². The first kappa shape index (κ1) is 12.3. The van der Waals surface area contributed by atoms with Crippen molar-refractivity contribution in [1.29, 1.82) is 0 Å². The van der Waals surface area contributed by atoms with Crippen molar-refractivity contribution in [2.24, 2.45) is 11.8 Å². The number of aliphatic hydroxyl groups is 1. The molecule has 16 heavy (non-hydrogen) atoms. The van der Waals surface area contributed by atoms with Gasteiger partial charge in [-0.2, -0.15) is 0 Å². The van der Waals surface area contributed by atoms with E-state index in [9.17, 15) is 5.11 Å². The van der Waals surface area contributed by atoms with Gasteiger partial charge in [0.1, 0.15) is 6.10 Å². The highest BCUT2D eigenvalue weighted by atomic mass is 16.8. The molecule has 6 atom stereocenters. The summed E-state index contributed by atoms with van der Waals surface area (Å²) in [5, 5.41) is 9.28. The molecule has 2 aliphatic rings. The van der Waals surface area contributed by atoms with Crippen LogP contribution in [0.4, 0.5) is 0 Å². The van der Waals surface area contributed by atoms with Crippen molar-refractivity contribution in [3.05, 3.63) is 0 Å². The summed E-state index contributed by atoms with van der Waals surface area (Å²) < 4.78 is 16.5. The van der Waals surface area contributed by atoms with E-state index in [0.717, 1.165) is 12.8 Å². The van der Waals surface area contributed by atoms with Crippen molar-refractivity contribution < 1.29 is 19.3 Å². The standard InChI is InChI=1S/C12H22O4/c1-4-8(6-13)9-5-7(2)10(15-9)11-12(14-3)16-11/h7-13H,4-6H2,1-3H3/t7-,8-,9+,10+,11-,12+/m1/s1. The molecule has 2 rings (SSSR count). The van der Waals surface area contributed by atoms with E-state index in [0.29, 0.717) is 5.92 Å². The van der Waals surface area contributed by atoms with Gasteiger partial charge in [-0.1, -0.05) is 13.8 Å². The molecule has 2 heterocycles. The molecule has 0 spiro atoms. The topological polar surface area (TPSA) is 51.2 Å². The van der Waals surface area contributed by atoms with Gasteiger partial charge in [0.05, 0.1) is 12.2 Å². The van der Waals surface area contributed by atoms with Gasteiger partial charge in [0.15, 0.2) is 6.29 Å². The minimum Gasteiger partial charge on any atom is -0.396 e. The number of hydrogen-bond donors (Lipinski definition) is 1. The molecule has 4 heteroatoms. The van der Waals surface area contributed by atoms with Crippen molar-refractivity contribution in [2.45, 2.75) is 51.3 Å². The Balaban J connectivity index is 1.89. The van der Waals surface area contributed by atoms with Crippen molar-refractivity contribution in [3.8, 4) is 0 Å². The fraction of sp³-hybridized carbons (Fsp3) is 1.00. The van der Waals surface area contributed by atoms with Crippen molar-refractivity contribution in [2.75, 3.05) is 13.7 Å². The second-order valence-corrected chi connectivity index (χ2v) is 4.91. The van der Waals surface area contributed by atoms with Gasteiger partial charge in [-0.15, -0.1) is 0 Å². The third-order valence-corrected chi connectivity index (χ3v) is 3.82. The first-order chi connectivity index (χ1) is 7.71. The molecule has 0 aromatic carbocycles. The number of hydrogen-bond acceptors (Lipinski definition) is 4. The minimum absolute atomic E-state index is 0.0830. The van der Waals surface area contributed by atoms with Crippen molar-refractivity contribution in [3.63, 3.8) is 0 Å². The van der Waals surface area contributed by atoms with Gasteiger partial charge >= 0.3 is 0 Å². The van der Waals surface area contributed by atoms with Gasteiger partial charge < -0.3 is 19.3 Å². The molecule has 0 saturated carbocycles. The van der Waals surface area contributed by atoms with Crippen LogP contribution in [-0.2, 0) is 14.2 Å². The van der Waals surface area contributed by atoms with Crippen LogP contribution in [0.1, 0.15) is 26.7 Å². The zero-order valence-corrected chi connectivity index (χ0v) is 10.3. The summed E-state index contributed by atoms with van der Waals surface area (Å²) in [6.07, 6.45) is 2.30. The lowest BCUT2D eigenvalue weighted by Crippen LogP contribution is -2.27. The number of ether oxygens (including phenoxy) is 3. The number of rotatable bonds is 5. The molecule has 0 unspecified atom stereocenters. The quantitative estimate of drug-likeness (QED) is 0.720. The average molecular weight is 230 g/mol. The smallest absolute Gasteiger partial charge is 0.186 e. The summed E-state index contributed by atoms with van der Waals surface area (Å²) in [4.78, 5) is 0. The van der Waals surface area contributed by atoms with Crippen LogP contribution in [0.2, 0.25) is 0 Å². The van der Waals surface area contributed by atoms with Crippen LogP contribution < -0.4 is 0 Å². The Morgan fingerprint density at radius 3 is 2.62 bits per heavy atom. The molecule has 0 aromatic heterocycles. The Bertz CT molecular complexity index is 229. The molecule has 2 saturated heterocycles. The minimum atomic E-state index is -0.0830. The molecular formula is C12H22O4. The lowest BCUT2D eigenvalue weighted by molar-refractivity contribution is -0.0221. The van der Waals surface area contributed by atoms with Gasteiger partial charge in [0.2, 0.25) is 0 Å². The molecule has 0 bridgehead atoms. The average Bonchev–Trinajstić information content (AvgIpc) is 2.97. The van der Waals surface area contributed by atoms with E-state index in [1.54, 1.807) is 7.11 Å². The molecule has 0 aliphatic carbocycles. The molecule has 0 amide bonds. The third kappa shape index (κ3) is 2.25. The van der Waals surface area contributed by atoms with E-state index in [1.165, 1.54) is 0 Å². The largest absolute Gasteiger partial charge is 0.396 e. The number of epoxide rings is 1. The van der Waals surface area contributed by atoms with E-state index in [1.807, 2.05) is 0 Å². The molecule has 0 aromatic rings. The Hall–Kier alpha value is -0.160. The monoisotopic (exact) mass is 230 g/mol. The maximum Gasteiger partial charge on any atom is 0.186 e. The summed E-state index contributed by atoms with van der Waals surface area (Å²) >= 11 is 0. The second-order valence-electron chi connectivity index (χ2n) is 4.91. The van der Waals surface area contributed by atoms with Crippen LogP contribution in [0, 0.1) is 11.8 Å². The lowest BCUT2D eigenvalue weighted by Gasteiger charge is -2.20. The van der Waals surface area contributed by atoms with Gasteiger partial charge in [-0.3, -0.25) is 0 Å². The van der Waals surface area contributed by atoms with E-state index in [-0.39, 0.29) is 37.1 Å². The van der Waals surface area contributed by atoms with Crippen LogP contribution in [0.25, 0.3) is 0 Å². The summed E-state index contributed by atoms with van der Waals surface area (Å²) in [5.74, 6) is 0.739. The maximum atomic E-state index is 9.28. The summed E-state index contributed by atoms with van der Waals surface area (Å²) in [6.45, 7) is 4.48. The zero-order chi connectivity index (χ0) is 11.7. The molecule has 4 nitrogen and oxygen atoms in total. The fourth-order valence-corrected chi connectivity index (χ4v) is 2.64. The highest BCUT2D eigenvalue weighted by Crippen LogP contribution is 2.40. The molecule has 1 N–H and O–H groups in total. The van der Waals surface area contributed by atoms with Crippen LogP contribution in [-0.4, -0.2) is 43.4 Å². The molecule has 94 valence electrons. The zero-order valence-electron chi connectivity index (χ0n) is 10.3. The van der Waals surface area contributed by atoms with Crippen molar-refractivity contribution >= 4 is 0 Å². The predicted octanol–water partition coefficient (Wildman–Crippen LogP) is 1.17. The van der Waals surface area contributed by atoms with Gasteiger partial charge in [-0.05, 0) is 18.8 Å². The van der Waals surface area contributed by atoms with Crippen LogP contribution in [0.5, 0.6) is 0 Å². The van der Waals surface area contributed by atoms with E-state index >= 15 is 0 Å². The summed E-state index contributed by atoms with van der Waals surface area (Å²) in [5.41, 5.74) is 0. The molecular weight excluding hydrogens is 208 g/mol. The van der Waals surface area contributed by atoms with Crippen LogP contribution >= 0.6 is 0 Å². The van der Waals surface area contributed by atoms with Gasteiger partial charge in [-0.25, -0.2) is 0 Å². The Kier molecular flexibility index (Phi) is 3.85. The fourth-order valence-electron chi connectivity index (χ4n) is 2.64. The first-order valence-corrected chi connectivity index (χ1v) is 6.15. The van der Waals surface area contributed by atoms with Crippen LogP contribution in [0.3, 0.4) is 0 Å². The highest BCUT2D eigenvalue weighted by Gasteiger charge is 2.52. The first-order valence-electron chi connectivity index (χ1n) is 6.15. The van der Waals surface area contributed by atoms with Crippen molar-refractivity contribution in [1.82, 2.24) is 0 Å². The Morgan fingerprint density at radius 2 is 2.12 bits per heavy atom.